The molecule has 1 heterocycles. The number of benzene rings is 2. The number of anilines is 1. The van der Waals surface area contributed by atoms with E-state index in [1.54, 1.807) is 17.0 Å². The van der Waals surface area contributed by atoms with E-state index >= 15 is 0 Å². The lowest BCUT2D eigenvalue weighted by Gasteiger charge is -2.43. The summed E-state index contributed by atoms with van der Waals surface area (Å²) in [5.41, 5.74) is 10.0. The standard InChI is InChI=1S/C25H24N4O3/c1-15-7-9-17(10-8-15)28-20-12-25(2,3)13-21(30)23(20)22(19(14-26)24(28)27)16-5-4-6-18(11-16)29(31)32/h4-11,22H,12-13,27H2,1-3H3/t22-/m0/s1. The topological polar surface area (TPSA) is 113 Å². The molecule has 0 saturated heterocycles. The van der Waals surface area contributed by atoms with Crippen molar-refractivity contribution in [3.05, 3.63) is 92.4 Å². The number of carbonyl (C=O) groups excluding carboxylic acids is 1. The zero-order valence-electron chi connectivity index (χ0n) is 18.3. The molecule has 0 bridgehead atoms. The number of non-ortho nitro benzene ring substituents is 1. The van der Waals surface area contributed by atoms with Crippen LogP contribution in [-0.2, 0) is 4.79 Å². The molecule has 7 nitrogen and oxygen atoms in total. The van der Waals surface area contributed by atoms with Gasteiger partial charge in [0.2, 0.25) is 0 Å². The highest BCUT2D eigenvalue weighted by atomic mass is 16.6. The number of nitro groups is 1. The molecule has 7 heteroatoms. The van der Waals surface area contributed by atoms with Gasteiger partial charge in [0, 0.05) is 35.5 Å². The van der Waals surface area contributed by atoms with Gasteiger partial charge in [-0.2, -0.15) is 5.26 Å². The first kappa shape index (κ1) is 21.3. The molecule has 2 aromatic carbocycles. The highest BCUT2D eigenvalue weighted by Gasteiger charge is 2.44. The van der Waals surface area contributed by atoms with Crippen molar-refractivity contribution >= 4 is 17.2 Å². The number of allylic oxidation sites excluding steroid dienone is 3. The molecular weight excluding hydrogens is 404 g/mol. The van der Waals surface area contributed by atoms with Crippen molar-refractivity contribution in [3.8, 4) is 6.07 Å². The molecule has 4 rings (SSSR count). The third-order valence-corrected chi connectivity index (χ3v) is 6.09. The predicted molar refractivity (Wildman–Crippen MR) is 121 cm³/mol. The number of hydrogen-bond acceptors (Lipinski definition) is 6. The second-order valence-corrected chi connectivity index (χ2v) is 9.17. The Kier molecular flexibility index (Phi) is 5.09. The van der Waals surface area contributed by atoms with E-state index in [1.807, 2.05) is 45.0 Å². The number of nitro benzene ring substituents is 1. The number of hydrogen-bond donors (Lipinski definition) is 1. The van der Waals surface area contributed by atoms with Crippen LogP contribution in [0.5, 0.6) is 0 Å². The minimum Gasteiger partial charge on any atom is -0.384 e. The van der Waals surface area contributed by atoms with E-state index in [0.29, 0.717) is 24.0 Å². The van der Waals surface area contributed by atoms with Crippen molar-refractivity contribution in [2.75, 3.05) is 4.90 Å². The number of Topliss-reactive ketones (excluding diaryl/α,β-unsaturated/α-hetero) is 1. The van der Waals surface area contributed by atoms with Crippen LogP contribution in [-0.4, -0.2) is 10.7 Å². The van der Waals surface area contributed by atoms with Gasteiger partial charge in [-0.3, -0.25) is 19.8 Å². The molecule has 1 atom stereocenters. The molecule has 1 aliphatic carbocycles. The lowest BCUT2D eigenvalue weighted by Crippen LogP contribution is -2.42. The van der Waals surface area contributed by atoms with Crippen LogP contribution < -0.4 is 10.6 Å². The second-order valence-electron chi connectivity index (χ2n) is 9.17. The minimum atomic E-state index is -0.736. The van der Waals surface area contributed by atoms with E-state index in [-0.39, 0.29) is 28.3 Å². The first-order valence-electron chi connectivity index (χ1n) is 10.4. The van der Waals surface area contributed by atoms with Crippen LogP contribution in [0.2, 0.25) is 0 Å². The minimum absolute atomic E-state index is 0.0647. The van der Waals surface area contributed by atoms with E-state index < -0.39 is 10.8 Å². The van der Waals surface area contributed by atoms with Crippen molar-refractivity contribution in [3.63, 3.8) is 0 Å². The Bertz CT molecular complexity index is 1230. The van der Waals surface area contributed by atoms with E-state index in [1.165, 1.54) is 12.1 Å². The molecule has 0 unspecified atom stereocenters. The summed E-state index contributed by atoms with van der Waals surface area (Å²) in [4.78, 5) is 26.1. The molecular formula is C25H24N4O3. The van der Waals surface area contributed by atoms with Gasteiger partial charge in [0.15, 0.2) is 5.78 Å². The summed E-state index contributed by atoms with van der Waals surface area (Å²) < 4.78 is 0. The number of nitrogens with two attached hydrogens (primary N) is 1. The fourth-order valence-electron chi connectivity index (χ4n) is 4.65. The Morgan fingerprint density at radius 1 is 1.19 bits per heavy atom. The Labute approximate surface area is 186 Å². The number of nitrogens with zero attached hydrogens (tertiary/aromatic N) is 3. The summed E-state index contributed by atoms with van der Waals surface area (Å²) in [6.07, 6.45) is 0.921. The Balaban J connectivity index is 1.99. The molecule has 162 valence electrons. The molecule has 0 amide bonds. The molecule has 2 aromatic rings. The Morgan fingerprint density at radius 2 is 1.88 bits per heavy atom. The Hall–Kier alpha value is -3.92. The summed E-state index contributed by atoms with van der Waals surface area (Å²) >= 11 is 0. The van der Waals surface area contributed by atoms with Gasteiger partial charge in [-0.25, -0.2) is 0 Å². The van der Waals surface area contributed by atoms with Gasteiger partial charge in [0.25, 0.3) is 5.69 Å². The summed E-state index contributed by atoms with van der Waals surface area (Å²) in [5.74, 6) is -0.553. The smallest absolute Gasteiger partial charge is 0.269 e. The maximum Gasteiger partial charge on any atom is 0.269 e. The van der Waals surface area contributed by atoms with Crippen molar-refractivity contribution in [1.82, 2.24) is 0 Å². The van der Waals surface area contributed by atoms with E-state index in [0.717, 1.165) is 16.9 Å². The van der Waals surface area contributed by atoms with Crippen molar-refractivity contribution < 1.29 is 9.72 Å². The predicted octanol–water partition coefficient (Wildman–Crippen LogP) is 4.84. The third kappa shape index (κ3) is 3.54. The third-order valence-electron chi connectivity index (χ3n) is 6.09. The lowest BCUT2D eigenvalue weighted by molar-refractivity contribution is -0.384. The van der Waals surface area contributed by atoms with Gasteiger partial charge < -0.3 is 5.73 Å². The van der Waals surface area contributed by atoms with Crippen LogP contribution in [0.1, 0.15) is 43.7 Å². The van der Waals surface area contributed by atoms with Crippen LogP contribution in [0.15, 0.2) is 71.2 Å². The van der Waals surface area contributed by atoms with E-state index in [2.05, 4.69) is 6.07 Å². The molecule has 0 spiro atoms. The van der Waals surface area contributed by atoms with Crippen LogP contribution in [0, 0.1) is 33.8 Å². The Morgan fingerprint density at radius 3 is 2.50 bits per heavy atom. The summed E-state index contributed by atoms with van der Waals surface area (Å²) in [6.45, 7) is 6.05. The van der Waals surface area contributed by atoms with Crippen LogP contribution in [0.25, 0.3) is 0 Å². The fourth-order valence-corrected chi connectivity index (χ4v) is 4.65. The van der Waals surface area contributed by atoms with Crippen molar-refractivity contribution in [1.29, 1.82) is 5.26 Å². The molecule has 0 radical (unpaired) electrons. The highest BCUT2D eigenvalue weighted by Crippen LogP contribution is 2.50. The van der Waals surface area contributed by atoms with E-state index in [4.69, 9.17) is 5.73 Å². The highest BCUT2D eigenvalue weighted by molar-refractivity contribution is 6.01. The van der Waals surface area contributed by atoms with Crippen molar-refractivity contribution in [2.24, 2.45) is 11.1 Å². The fraction of sp³-hybridized carbons (Fsp3) is 0.280. The van der Waals surface area contributed by atoms with Gasteiger partial charge in [-0.15, -0.1) is 0 Å². The molecule has 0 saturated carbocycles. The van der Waals surface area contributed by atoms with Gasteiger partial charge in [-0.1, -0.05) is 43.7 Å². The molecule has 2 N–H and O–H groups in total. The monoisotopic (exact) mass is 428 g/mol. The number of carbonyl (C=O) groups is 1. The number of nitriles is 1. The number of aryl methyl sites for hydroxylation is 1. The van der Waals surface area contributed by atoms with Gasteiger partial charge >= 0.3 is 0 Å². The van der Waals surface area contributed by atoms with E-state index in [9.17, 15) is 20.2 Å². The molecule has 32 heavy (non-hydrogen) atoms. The normalized spacial score (nSPS) is 20.1. The largest absolute Gasteiger partial charge is 0.384 e. The zero-order chi connectivity index (χ0) is 23.2. The summed E-state index contributed by atoms with van der Waals surface area (Å²) in [7, 11) is 0. The molecule has 0 fully saturated rings. The molecule has 2 aliphatic rings. The maximum atomic E-state index is 13.5. The first-order chi connectivity index (χ1) is 15.1. The quantitative estimate of drug-likeness (QED) is 0.552. The van der Waals surface area contributed by atoms with Crippen LogP contribution >= 0.6 is 0 Å². The summed E-state index contributed by atoms with van der Waals surface area (Å²) in [6, 6.07) is 16.0. The number of rotatable bonds is 3. The van der Waals surface area contributed by atoms with Crippen molar-refractivity contribution in [2.45, 2.75) is 39.5 Å². The molecule has 1 aliphatic heterocycles. The van der Waals surface area contributed by atoms with Gasteiger partial charge in [-0.05, 0) is 36.5 Å². The van der Waals surface area contributed by atoms with Crippen LogP contribution in [0.4, 0.5) is 11.4 Å². The number of ketones is 1. The summed E-state index contributed by atoms with van der Waals surface area (Å²) in [5, 5.41) is 21.4. The average Bonchev–Trinajstić information content (AvgIpc) is 2.73. The second kappa shape index (κ2) is 7.65. The molecule has 0 aromatic heterocycles. The van der Waals surface area contributed by atoms with Gasteiger partial charge in [0.1, 0.15) is 5.82 Å². The maximum absolute atomic E-state index is 13.5. The van der Waals surface area contributed by atoms with Crippen LogP contribution in [0.3, 0.4) is 0 Å². The SMILES string of the molecule is Cc1ccc(N2C(N)=C(C#N)[C@H](c3cccc([N+](=O)[O-])c3)C3=C2CC(C)(C)CC3=O)cc1. The average molecular weight is 428 g/mol. The lowest BCUT2D eigenvalue weighted by atomic mass is 9.68. The van der Waals surface area contributed by atoms with Gasteiger partial charge in [0.05, 0.1) is 22.5 Å². The first-order valence-corrected chi connectivity index (χ1v) is 10.4. The zero-order valence-corrected chi connectivity index (χ0v) is 18.3.